The molecular weight excluding hydrogens is 222 g/mol. The molecule has 18 heavy (non-hydrogen) atoms. The second-order valence-corrected chi connectivity index (χ2v) is 5.52. The summed E-state index contributed by atoms with van der Waals surface area (Å²) in [5, 5.41) is 3.48. The van der Waals surface area contributed by atoms with Crippen LogP contribution in [0.4, 0.5) is 11.5 Å². The molecule has 0 aromatic carbocycles. The number of pyridine rings is 1. The van der Waals surface area contributed by atoms with E-state index in [1.807, 2.05) is 25.2 Å². The smallest absolute Gasteiger partial charge is 0.128 e. The van der Waals surface area contributed by atoms with E-state index in [0.717, 1.165) is 24.0 Å². The Morgan fingerprint density at radius 2 is 2.00 bits per heavy atom. The van der Waals surface area contributed by atoms with Crippen LogP contribution in [-0.2, 0) is 0 Å². The highest BCUT2D eigenvalue weighted by Crippen LogP contribution is 2.26. The maximum atomic E-state index is 4.41. The molecule has 1 fully saturated rings. The molecule has 1 aromatic heterocycles. The van der Waals surface area contributed by atoms with Gasteiger partial charge in [-0.3, -0.25) is 0 Å². The normalized spacial score (nSPS) is 16.6. The Morgan fingerprint density at radius 1 is 1.22 bits per heavy atom. The lowest BCUT2D eigenvalue weighted by molar-refractivity contribution is 0.345. The minimum absolute atomic E-state index is 0.945. The van der Waals surface area contributed by atoms with Gasteiger partial charge in [0.25, 0.3) is 0 Å². The number of hydrogen-bond donors (Lipinski definition) is 1. The van der Waals surface area contributed by atoms with Gasteiger partial charge in [0, 0.05) is 20.6 Å². The van der Waals surface area contributed by atoms with Gasteiger partial charge in [0.05, 0.1) is 11.9 Å². The van der Waals surface area contributed by atoms with Crippen LogP contribution in [0, 0.1) is 5.92 Å². The molecule has 1 saturated carbocycles. The molecule has 0 unspecified atom stereocenters. The van der Waals surface area contributed by atoms with Gasteiger partial charge in [-0.2, -0.15) is 0 Å². The average Bonchev–Trinajstić information content (AvgIpc) is 2.40. The Balaban J connectivity index is 1.72. The third kappa shape index (κ3) is 3.90. The fourth-order valence-corrected chi connectivity index (χ4v) is 2.65. The van der Waals surface area contributed by atoms with Gasteiger partial charge in [-0.1, -0.05) is 32.1 Å². The van der Waals surface area contributed by atoms with E-state index in [0.29, 0.717) is 0 Å². The SMILES string of the molecule is CN(C)c1ccc(NCCC2CCCCC2)cn1. The molecule has 0 atom stereocenters. The Kier molecular flexibility index (Phi) is 4.85. The standard InChI is InChI=1S/C15H25N3/c1-18(2)15-9-8-14(12-17-15)16-11-10-13-6-4-3-5-7-13/h8-9,12-13,16H,3-7,10-11H2,1-2H3. The van der Waals surface area contributed by atoms with Gasteiger partial charge in [-0.25, -0.2) is 4.98 Å². The van der Waals surface area contributed by atoms with Crippen LogP contribution in [0.1, 0.15) is 38.5 Å². The van der Waals surface area contributed by atoms with Gasteiger partial charge >= 0.3 is 0 Å². The number of aromatic nitrogens is 1. The van der Waals surface area contributed by atoms with Gasteiger partial charge in [-0.15, -0.1) is 0 Å². The van der Waals surface area contributed by atoms with E-state index in [-0.39, 0.29) is 0 Å². The number of hydrogen-bond acceptors (Lipinski definition) is 3. The first-order valence-corrected chi connectivity index (χ1v) is 7.13. The lowest BCUT2D eigenvalue weighted by Crippen LogP contribution is -2.13. The van der Waals surface area contributed by atoms with E-state index in [4.69, 9.17) is 0 Å². The van der Waals surface area contributed by atoms with E-state index >= 15 is 0 Å². The second kappa shape index (κ2) is 6.62. The van der Waals surface area contributed by atoms with Crippen molar-refractivity contribution >= 4 is 11.5 Å². The first-order valence-electron chi connectivity index (χ1n) is 7.13. The zero-order valence-corrected chi connectivity index (χ0v) is 11.7. The monoisotopic (exact) mass is 247 g/mol. The highest BCUT2D eigenvalue weighted by Gasteiger charge is 2.12. The molecule has 1 aromatic rings. The van der Waals surface area contributed by atoms with Gasteiger partial charge in [0.2, 0.25) is 0 Å². The Morgan fingerprint density at radius 3 is 2.61 bits per heavy atom. The predicted molar refractivity (Wildman–Crippen MR) is 78.2 cm³/mol. The van der Waals surface area contributed by atoms with E-state index in [1.54, 1.807) is 0 Å². The lowest BCUT2D eigenvalue weighted by atomic mass is 9.87. The van der Waals surface area contributed by atoms with Gasteiger partial charge in [0.15, 0.2) is 0 Å². The summed E-state index contributed by atoms with van der Waals surface area (Å²) >= 11 is 0. The van der Waals surface area contributed by atoms with Crippen LogP contribution in [0.5, 0.6) is 0 Å². The Labute approximate surface area is 111 Å². The minimum Gasteiger partial charge on any atom is -0.384 e. The van der Waals surface area contributed by atoms with Crippen molar-refractivity contribution in [2.75, 3.05) is 30.9 Å². The number of nitrogens with zero attached hydrogens (tertiary/aromatic N) is 2. The maximum Gasteiger partial charge on any atom is 0.128 e. The molecule has 100 valence electrons. The van der Waals surface area contributed by atoms with E-state index < -0.39 is 0 Å². The van der Waals surface area contributed by atoms with Crippen LogP contribution < -0.4 is 10.2 Å². The number of anilines is 2. The molecule has 0 spiro atoms. The molecule has 1 aliphatic rings. The molecule has 1 N–H and O–H groups in total. The summed E-state index contributed by atoms with van der Waals surface area (Å²) in [6.07, 6.45) is 10.4. The van der Waals surface area contributed by atoms with Gasteiger partial charge in [-0.05, 0) is 24.5 Å². The molecule has 0 amide bonds. The molecule has 0 radical (unpaired) electrons. The zero-order chi connectivity index (χ0) is 12.8. The number of nitrogens with one attached hydrogen (secondary N) is 1. The van der Waals surface area contributed by atoms with Crippen LogP contribution in [0.25, 0.3) is 0 Å². The lowest BCUT2D eigenvalue weighted by Gasteiger charge is -2.21. The van der Waals surface area contributed by atoms with Crippen LogP contribution in [-0.4, -0.2) is 25.6 Å². The van der Waals surface area contributed by atoms with Crippen molar-refractivity contribution in [3.05, 3.63) is 18.3 Å². The van der Waals surface area contributed by atoms with Crippen LogP contribution >= 0.6 is 0 Å². The molecule has 2 rings (SSSR count). The summed E-state index contributed by atoms with van der Waals surface area (Å²) in [5.74, 6) is 1.95. The molecule has 1 aliphatic carbocycles. The van der Waals surface area contributed by atoms with Gasteiger partial charge < -0.3 is 10.2 Å². The fraction of sp³-hybridized carbons (Fsp3) is 0.667. The van der Waals surface area contributed by atoms with E-state index in [9.17, 15) is 0 Å². The van der Waals surface area contributed by atoms with Crippen molar-refractivity contribution in [1.82, 2.24) is 4.98 Å². The summed E-state index contributed by atoms with van der Waals surface area (Å²) in [5.41, 5.74) is 1.14. The molecular formula is C15H25N3. The third-order valence-electron chi connectivity index (χ3n) is 3.81. The minimum atomic E-state index is 0.945. The molecule has 0 bridgehead atoms. The Bertz CT molecular complexity index is 339. The average molecular weight is 247 g/mol. The highest BCUT2D eigenvalue weighted by molar-refractivity contribution is 5.47. The molecule has 0 aliphatic heterocycles. The highest BCUT2D eigenvalue weighted by atomic mass is 15.1. The zero-order valence-electron chi connectivity index (χ0n) is 11.7. The molecule has 3 heteroatoms. The quantitative estimate of drug-likeness (QED) is 0.862. The molecule has 1 heterocycles. The fourth-order valence-electron chi connectivity index (χ4n) is 2.65. The largest absolute Gasteiger partial charge is 0.384 e. The summed E-state index contributed by atoms with van der Waals surface area (Å²) < 4.78 is 0. The number of rotatable bonds is 5. The first kappa shape index (κ1) is 13.2. The van der Waals surface area contributed by atoms with Crippen molar-refractivity contribution < 1.29 is 0 Å². The topological polar surface area (TPSA) is 28.2 Å². The third-order valence-corrected chi connectivity index (χ3v) is 3.81. The Hall–Kier alpha value is -1.25. The van der Waals surface area contributed by atoms with Gasteiger partial charge in [0.1, 0.15) is 5.82 Å². The summed E-state index contributed by atoms with van der Waals surface area (Å²) in [6.45, 7) is 1.08. The van der Waals surface area contributed by atoms with Crippen LogP contribution in [0.3, 0.4) is 0 Å². The summed E-state index contributed by atoms with van der Waals surface area (Å²) in [7, 11) is 4.02. The second-order valence-electron chi connectivity index (χ2n) is 5.52. The summed E-state index contributed by atoms with van der Waals surface area (Å²) in [4.78, 5) is 6.43. The molecule has 0 saturated heterocycles. The van der Waals surface area contributed by atoms with E-state index in [2.05, 4.69) is 22.4 Å². The first-order chi connectivity index (χ1) is 8.75. The van der Waals surface area contributed by atoms with Crippen molar-refractivity contribution in [2.45, 2.75) is 38.5 Å². The predicted octanol–water partition coefficient (Wildman–Crippen LogP) is 3.53. The van der Waals surface area contributed by atoms with Crippen LogP contribution in [0.15, 0.2) is 18.3 Å². The van der Waals surface area contributed by atoms with Crippen molar-refractivity contribution in [1.29, 1.82) is 0 Å². The van der Waals surface area contributed by atoms with Crippen LogP contribution in [0.2, 0.25) is 0 Å². The molecule has 3 nitrogen and oxygen atoms in total. The summed E-state index contributed by atoms with van der Waals surface area (Å²) in [6, 6.07) is 4.17. The van der Waals surface area contributed by atoms with Crippen molar-refractivity contribution in [3.8, 4) is 0 Å². The van der Waals surface area contributed by atoms with Crippen molar-refractivity contribution in [2.24, 2.45) is 5.92 Å². The van der Waals surface area contributed by atoms with Crippen molar-refractivity contribution in [3.63, 3.8) is 0 Å². The maximum absolute atomic E-state index is 4.41. The van der Waals surface area contributed by atoms with E-state index in [1.165, 1.54) is 38.5 Å².